The van der Waals surface area contributed by atoms with Crippen LogP contribution in [-0.2, 0) is 6.42 Å². The highest BCUT2D eigenvalue weighted by molar-refractivity contribution is 6.02. The van der Waals surface area contributed by atoms with Crippen molar-refractivity contribution >= 4 is 17.3 Å². The number of amides is 1. The van der Waals surface area contributed by atoms with Crippen LogP contribution in [0.5, 0.6) is 0 Å². The molecular weight excluding hydrogens is 257 g/mol. The first-order valence-corrected chi connectivity index (χ1v) is 6.43. The maximum absolute atomic E-state index is 13.9. The lowest BCUT2D eigenvalue weighted by atomic mass is 10.0. The molecule has 1 amide bonds. The Labute approximate surface area is 116 Å². The van der Waals surface area contributed by atoms with E-state index in [0.717, 1.165) is 17.5 Å². The quantitative estimate of drug-likeness (QED) is 0.882. The van der Waals surface area contributed by atoms with E-state index in [-0.39, 0.29) is 11.7 Å². The smallest absolute Gasteiger partial charge is 0.253 e. The zero-order valence-corrected chi connectivity index (χ0v) is 11.0. The van der Waals surface area contributed by atoms with E-state index in [4.69, 9.17) is 0 Å². The maximum atomic E-state index is 13.9. The number of pyridine rings is 1. The van der Waals surface area contributed by atoms with Crippen LogP contribution in [0.15, 0.2) is 30.6 Å². The summed E-state index contributed by atoms with van der Waals surface area (Å²) in [5.74, 6) is -0.498. The number of rotatable bonds is 2. The van der Waals surface area contributed by atoms with E-state index >= 15 is 0 Å². The molecule has 1 aliphatic rings. The molecule has 0 bridgehead atoms. The Kier molecular flexibility index (Phi) is 3.10. The number of halogens is 1. The van der Waals surface area contributed by atoms with Crippen LogP contribution in [-0.4, -0.2) is 17.4 Å². The molecule has 102 valence electrons. The zero-order chi connectivity index (χ0) is 14.1. The molecule has 0 saturated heterocycles. The second-order valence-electron chi connectivity index (χ2n) is 4.84. The molecule has 0 saturated carbocycles. The summed E-state index contributed by atoms with van der Waals surface area (Å²) >= 11 is 0. The van der Waals surface area contributed by atoms with Crippen molar-refractivity contribution in [3.8, 4) is 0 Å². The first-order valence-electron chi connectivity index (χ1n) is 6.43. The van der Waals surface area contributed by atoms with Crippen molar-refractivity contribution in [3.63, 3.8) is 0 Å². The summed E-state index contributed by atoms with van der Waals surface area (Å²) in [5, 5.41) is 5.75. The van der Waals surface area contributed by atoms with Crippen LogP contribution < -0.4 is 10.6 Å². The van der Waals surface area contributed by atoms with Gasteiger partial charge in [-0.3, -0.25) is 9.78 Å². The highest BCUT2D eigenvalue weighted by Gasteiger charge is 2.21. The van der Waals surface area contributed by atoms with Gasteiger partial charge in [0.25, 0.3) is 5.91 Å². The van der Waals surface area contributed by atoms with Gasteiger partial charge in [0.15, 0.2) is 0 Å². The lowest BCUT2D eigenvalue weighted by molar-refractivity contribution is 0.0947. The number of aryl methyl sites for hydroxylation is 1. The summed E-state index contributed by atoms with van der Waals surface area (Å²) in [7, 11) is 0. The average Bonchev–Trinajstić information content (AvgIpc) is 2.42. The fourth-order valence-corrected chi connectivity index (χ4v) is 2.32. The van der Waals surface area contributed by atoms with Crippen molar-refractivity contribution < 1.29 is 9.18 Å². The summed E-state index contributed by atoms with van der Waals surface area (Å²) in [4.78, 5) is 16.1. The summed E-state index contributed by atoms with van der Waals surface area (Å²) < 4.78 is 13.9. The average molecular weight is 271 g/mol. The first-order chi connectivity index (χ1) is 9.65. The molecule has 5 heteroatoms. The minimum atomic E-state index is -0.348. The highest BCUT2D eigenvalue weighted by Crippen LogP contribution is 2.26. The van der Waals surface area contributed by atoms with Crippen LogP contribution in [0.4, 0.5) is 15.8 Å². The van der Waals surface area contributed by atoms with Gasteiger partial charge in [-0.25, -0.2) is 4.39 Å². The van der Waals surface area contributed by atoms with Gasteiger partial charge in [-0.1, -0.05) is 6.07 Å². The summed E-state index contributed by atoms with van der Waals surface area (Å²) in [6.07, 6.45) is 3.97. The van der Waals surface area contributed by atoms with E-state index in [0.29, 0.717) is 23.5 Å². The number of benzene rings is 1. The molecule has 0 spiro atoms. The van der Waals surface area contributed by atoms with E-state index in [1.54, 1.807) is 18.5 Å². The fourth-order valence-electron chi connectivity index (χ4n) is 2.32. The normalized spacial score (nSPS) is 13.6. The molecule has 0 aliphatic carbocycles. The van der Waals surface area contributed by atoms with Crippen molar-refractivity contribution in [1.82, 2.24) is 10.3 Å². The molecule has 0 unspecified atom stereocenters. The molecule has 2 N–H and O–H groups in total. The van der Waals surface area contributed by atoms with Crippen LogP contribution >= 0.6 is 0 Å². The molecule has 0 atom stereocenters. The zero-order valence-electron chi connectivity index (χ0n) is 11.0. The van der Waals surface area contributed by atoms with E-state index < -0.39 is 0 Å². The van der Waals surface area contributed by atoms with Gasteiger partial charge in [-0.15, -0.1) is 0 Å². The van der Waals surface area contributed by atoms with Gasteiger partial charge in [-0.05, 0) is 36.6 Å². The van der Waals surface area contributed by atoms with Gasteiger partial charge < -0.3 is 10.6 Å². The topological polar surface area (TPSA) is 54.0 Å². The molecule has 0 fully saturated rings. The molecule has 2 aromatic rings. The van der Waals surface area contributed by atoms with Crippen LogP contribution in [0.1, 0.15) is 21.5 Å². The highest BCUT2D eigenvalue weighted by atomic mass is 19.1. The second kappa shape index (κ2) is 4.92. The molecule has 0 radical (unpaired) electrons. The third-order valence-corrected chi connectivity index (χ3v) is 3.33. The fraction of sp³-hybridized carbons (Fsp3) is 0.200. The summed E-state index contributed by atoms with van der Waals surface area (Å²) in [5.41, 5.74) is 3.14. The van der Waals surface area contributed by atoms with Gasteiger partial charge in [0.05, 0.1) is 23.1 Å². The number of nitrogens with one attached hydrogen (secondary N) is 2. The van der Waals surface area contributed by atoms with Gasteiger partial charge in [0.2, 0.25) is 0 Å². The summed E-state index contributed by atoms with van der Waals surface area (Å²) in [6.45, 7) is 2.43. The van der Waals surface area contributed by atoms with E-state index in [9.17, 15) is 9.18 Å². The molecule has 4 nitrogen and oxygen atoms in total. The van der Waals surface area contributed by atoms with Crippen LogP contribution in [0.2, 0.25) is 0 Å². The number of nitrogens with zero attached hydrogens (tertiary/aromatic N) is 1. The Morgan fingerprint density at radius 3 is 2.95 bits per heavy atom. The predicted molar refractivity (Wildman–Crippen MR) is 74.7 cm³/mol. The SMILES string of the molecule is Cc1ccc(Nc2cncc3c2C(=O)NCC3)c(F)c1. The predicted octanol–water partition coefficient (Wildman–Crippen LogP) is 2.56. The Hall–Kier alpha value is -2.43. The lowest BCUT2D eigenvalue weighted by Crippen LogP contribution is -2.32. The first kappa shape index (κ1) is 12.6. The lowest BCUT2D eigenvalue weighted by Gasteiger charge is -2.19. The van der Waals surface area contributed by atoms with Crippen LogP contribution in [0.25, 0.3) is 0 Å². The van der Waals surface area contributed by atoms with Gasteiger partial charge in [0.1, 0.15) is 5.82 Å². The Morgan fingerprint density at radius 1 is 1.30 bits per heavy atom. The van der Waals surface area contributed by atoms with Crippen LogP contribution in [0, 0.1) is 12.7 Å². The molecule has 20 heavy (non-hydrogen) atoms. The molecule has 1 aromatic heterocycles. The number of carbonyl (C=O) groups excluding carboxylic acids is 1. The molecular formula is C15H14FN3O. The van der Waals surface area contributed by atoms with Crippen molar-refractivity contribution in [2.24, 2.45) is 0 Å². The Balaban J connectivity index is 2.01. The summed E-state index contributed by atoms with van der Waals surface area (Å²) in [6, 6.07) is 4.92. The van der Waals surface area contributed by atoms with Gasteiger partial charge >= 0.3 is 0 Å². The maximum Gasteiger partial charge on any atom is 0.253 e. The molecule has 3 rings (SSSR count). The Morgan fingerprint density at radius 2 is 2.15 bits per heavy atom. The standard InChI is InChI=1S/C15H14FN3O/c1-9-2-3-12(11(16)6-9)19-13-8-17-7-10-4-5-18-15(20)14(10)13/h2-3,6-8,19H,4-5H2,1H3,(H,18,20). The second-order valence-corrected chi connectivity index (χ2v) is 4.84. The number of hydrogen-bond acceptors (Lipinski definition) is 3. The number of carbonyl (C=O) groups is 1. The number of hydrogen-bond donors (Lipinski definition) is 2. The van der Waals surface area contributed by atoms with Crippen molar-refractivity contribution in [2.45, 2.75) is 13.3 Å². The third-order valence-electron chi connectivity index (χ3n) is 3.33. The molecule has 1 aliphatic heterocycles. The van der Waals surface area contributed by atoms with E-state index in [2.05, 4.69) is 15.6 Å². The van der Waals surface area contributed by atoms with Crippen molar-refractivity contribution in [3.05, 3.63) is 53.1 Å². The van der Waals surface area contributed by atoms with Crippen molar-refractivity contribution in [1.29, 1.82) is 0 Å². The largest absolute Gasteiger partial charge is 0.352 e. The Bertz CT molecular complexity index is 685. The van der Waals surface area contributed by atoms with E-state index in [1.807, 2.05) is 13.0 Å². The van der Waals surface area contributed by atoms with E-state index in [1.165, 1.54) is 6.07 Å². The number of aromatic nitrogens is 1. The van der Waals surface area contributed by atoms with Crippen LogP contribution in [0.3, 0.4) is 0 Å². The molecule has 1 aromatic carbocycles. The number of fused-ring (bicyclic) bond motifs is 1. The minimum absolute atomic E-state index is 0.149. The van der Waals surface area contributed by atoms with Crippen molar-refractivity contribution in [2.75, 3.05) is 11.9 Å². The minimum Gasteiger partial charge on any atom is -0.352 e. The van der Waals surface area contributed by atoms with Gasteiger partial charge in [0, 0.05) is 12.7 Å². The van der Waals surface area contributed by atoms with Gasteiger partial charge in [-0.2, -0.15) is 0 Å². The monoisotopic (exact) mass is 271 g/mol. The third kappa shape index (κ3) is 2.22. The molecule has 2 heterocycles. The number of anilines is 2.